The van der Waals surface area contributed by atoms with Crippen LogP contribution in [0, 0.1) is 5.92 Å². The van der Waals surface area contributed by atoms with Gasteiger partial charge in [-0.2, -0.15) is 0 Å². The van der Waals surface area contributed by atoms with Gasteiger partial charge in [0.2, 0.25) is 5.91 Å². The fraction of sp³-hybridized carbons (Fsp3) is 0.850. The predicted molar refractivity (Wildman–Crippen MR) is 105 cm³/mol. The molecular weight excluding hydrogens is 364 g/mol. The molecule has 1 aliphatic carbocycles. The number of carbonyl (C=O) groups excluding carboxylic acids is 3. The van der Waals surface area contributed by atoms with Gasteiger partial charge in [0.15, 0.2) is 0 Å². The number of hydrogen-bond donors (Lipinski definition) is 3. The van der Waals surface area contributed by atoms with Crippen molar-refractivity contribution in [3.63, 3.8) is 0 Å². The molecule has 3 atom stereocenters. The van der Waals surface area contributed by atoms with Gasteiger partial charge >= 0.3 is 12.1 Å². The Morgan fingerprint density at radius 3 is 2.00 bits per heavy atom. The molecule has 0 aromatic carbocycles. The average Bonchev–Trinajstić information content (AvgIpc) is 2.44. The van der Waals surface area contributed by atoms with Crippen molar-refractivity contribution >= 4 is 18.0 Å². The maximum atomic E-state index is 12.7. The van der Waals surface area contributed by atoms with Crippen LogP contribution in [-0.2, 0) is 19.1 Å². The first-order valence-electron chi connectivity index (χ1n) is 9.76. The van der Waals surface area contributed by atoms with Crippen molar-refractivity contribution in [1.82, 2.24) is 10.6 Å². The van der Waals surface area contributed by atoms with Crippen LogP contribution in [0.2, 0.25) is 0 Å². The summed E-state index contributed by atoms with van der Waals surface area (Å²) in [5.74, 6) is -1.12. The molecular formula is C20H36N2O6. The van der Waals surface area contributed by atoms with Crippen LogP contribution in [0.25, 0.3) is 0 Å². The van der Waals surface area contributed by atoms with E-state index >= 15 is 0 Å². The molecule has 0 bridgehead atoms. The highest BCUT2D eigenvalue weighted by Crippen LogP contribution is 2.36. The summed E-state index contributed by atoms with van der Waals surface area (Å²) in [7, 11) is 0. The van der Waals surface area contributed by atoms with Crippen molar-refractivity contribution in [2.75, 3.05) is 0 Å². The van der Waals surface area contributed by atoms with Crippen LogP contribution < -0.4 is 10.6 Å². The first-order valence-corrected chi connectivity index (χ1v) is 9.76. The number of carbonyl (C=O) groups is 3. The number of nitrogens with one attached hydrogen (secondary N) is 2. The molecule has 2 amide bonds. The van der Waals surface area contributed by atoms with Crippen LogP contribution in [0.5, 0.6) is 0 Å². The third-order valence-electron chi connectivity index (χ3n) is 4.32. The summed E-state index contributed by atoms with van der Waals surface area (Å²) in [5, 5.41) is 16.1. The van der Waals surface area contributed by atoms with E-state index in [9.17, 15) is 19.5 Å². The summed E-state index contributed by atoms with van der Waals surface area (Å²) in [6, 6.07) is -1.39. The van der Waals surface area contributed by atoms with E-state index in [1.54, 1.807) is 55.4 Å². The second-order valence-corrected chi connectivity index (χ2v) is 9.83. The molecule has 0 heterocycles. The minimum absolute atomic E-state index is 0.188. The predicted octanol–water partition coefficient (Wildman–Crippen LogP) is 2.28. The number of hydrogen-bond acceptors (Lipinski definition) is 6. The molecule has 8 heteroatoms. The van der Waals surface area contributed by atoms with E-state index in [0.717, 1.165) is 0 Å². The highest BCUT2D eigenvalue weighted by atomic mass is 16.6. The standard InChI is InChI=1S/C20H36N2O6/c1-12(2)15(22-17(25)28-19(6,7)8)16(24)21-13-9-10-20(13,26)11-14(23)27-18(3,4)5/h12-13,15,26H,9-11H2,1-8H3,(H,21,24)(H,22,25)/t13-,15+,20-/m1/s1. The maximum Gasteiger partial charge on any atom is 0.408 e. The third-order valence-corrected chi connectivity index (χ3v) is 4.32. The number of ether oxygens (including phenoxy) is 2. The molecule has 1 fully saturated rings. The number of aliphatic hydroxyl groups is 1. The molecule has 0 aromatic heterocycles. The Kier molecular flexibility index (Phi) is 7.50. The number of rotatable bonds is 6. The lowest BCUT2D eigenvalue weighted by Gasteiger charge is -2.45. The van der Waals surface area contributed by atoms with E-state index in [-0.39, 0.29) is 12.3 Å². The molecule has 28 heavy (non-hydrogen) atoms. The summed E-state index contributed by atoms with van der Waals surface area (Å²) in [4.78, 5) is 36.8. The van der Waals surface area contributed by atoms with Gasteiger partial charge in [0, 0.05) is 0 Å². The molecule has 0 aromatic rings. The van der Waals surface area contributed by atoms with E-state index in [1.807, 2.05) is 0 Å². The molecule has 162 valence electrons. The Morgan fingerprint density at radius 1 is 1.07 bits per heavy atom. The zero-order valence-electron chi connectivity index (χ0n) is 18.3. The number of esters is 1. The average molecular weight is 401 g/mol. The smallest absolute Gasteiger partial charge is 0.408 e. The van der Waals surface area contributed by atoms with Gasteiger partial charge in [-0.05, 0) is 60.3 Å². The van der Waals surface area contributed by atoms with E-state index in [1.165, 1.54) is 0 Å². The van der Waals surface area contributed by atoms with Crippen molar-refractivity contribution in [3.8, 4) is 0 Å². The summed E-state index contributed by atoms with van der Waals surface area (Å²) < 4.78 is 10.5. The third kappa shape index (κ3) is 7.66. The fourth-order valence-electron chi connectivity index (χ4n) is 2.90. The van der Waals surface area contributed by atoms with Gasteiger partial charge in [-0.25, -0.2) is 4.79 Å². The molecule has 3 N–H and O–H groups in total. The van der Waals surface area contributed by atoms with Crippen molar-refractivity contribution in [2.45, 2.75) is 104 Å². The lowest BCUT2D eigenvalue weighted by molar-refractivity contribution is -0.167. The Balaban J connectivity index is 2.70. The molecule has 0 spiro atoms. The van der Waals surface area contributed by atoms with Gasteiger partial charge in [0.05, 0.1) is 18.1 Å². The van der Waals surface area contributed by atoms with Gasteiger partial charge in [0.25, 0.3) is 0 Å². The Bertz CT molecular complexity index is 590. The molecule has 0 unspecified atom stereocenters. The van der Waals surface area contributed by atoms with Crippen molar-refractivity contribution < 1.29 is 29.0 Å². The molecule has 0 radical (unpaired) electrons. The molecule has 1 saturated carbocycles. The maximum absolute atomic E-state index is 12.7. The summed E-state index contributed by atoms with van der Waals surface area (Å²) in [6.45, 7) is 14.1. The second kappa shape index (κ2) is 8.68. The van der Waals surface area contributed by atoms with E-state index < -0.39 is 46.9 Å². The number of alkyl carbamates (subject to hydrolysis) is 1. The van der Waals surface area contributed by atoms with Crippen molar-refractivity contribution in [3.05, 3.63) is 0 Å². The Morgan fingerprint density at radius 2 is 1.61 bits per heavy atom. The normalized spacial score (nSPS) is 23.4. The quantitative estimate of drug-likeness (QED) is 0.590. The molecule has 8 nitrogen and oxygen atoms in total. The van der Waals surface area contributed by atoms with E-state index in [4.69, 9.17) is 9.47 Å². The first kappa shape index (κ1) is 24.2. The Labute approximate surface area is 167 Å². The lowest BCUT2D eigenvalue weighted by atomic mass is 9.72. The highest BCUT2D eigenvalue weighted by Gasteiger charge is 2.49. The van der Waals surface area contributed by atoms with Crippen LogP contribution in [0.4, 0.5) is 4.79 Å². The molecule has 0 aliphatic heterocycles. The van der Waals surface area contributed by atoms with Crippen LogP contribution in [0.3, 0.4) is 0 Å². The van der Waals surface area contributed by atoms with Gasteiger partial charge in [0.1, 0.15) is 17.2 Å². The van der Waals surface area contributed by atoms with Gasteiger partial charge in [-0.1, -0.05) is 13.8 Å². The van der Waals surface area contributed by atoms with Gasteiger partial charge in [-0.15, -0.1) is 0 Å². The SMILES string of the molecule is CC(C)[C@H](NC(=O)OC(C)(C)C)C(=O)N[C@@H]1CC[C@@]1(O)CC(=O)OC(C)(C)C. The second-order valence-electron chi connectivity index (χ2n) is 9.83. The van der Waals surface area contributed by atoms with Crippen LogP contribution in [-0.4, -0.2) is 52.0 Å². The lowest BCUT2D eigenvalue weighted by Crippen LogP contribution is -2.64. The van der Waals surface area contributed by atoms with Crippen LogP contribution in [0.1, 0.15) is 74.7 Å². The minimum atomic E-state index is -1.34. The van der Waals surface area contributed by atoms with Crippen molar-refractivity contribution in [2.24, 2.45) is 5.92 Å². The summed E-state index contributed by atoms with van der Waals surface area (Å²) >= 11 is 0. The topological polar surface area (TPSA) is 114 Å². The van der Waals surface area contributed by atoms with Crippen LogP contribution in [0.15, 0.2) is 0 Å². The summed E-state index contributed by atoms with van der Waals surface area (Å²) in [6.07, 6.45) is 0.0609. The zero-order chi connectivity index (χ0) is 21.9. The fourth-order valence-corrected chi connectivity index (χ4v) is 2.90. The zero-order valence-corrected chi connectivity index (χ0v) is 18.3. The van der Waals surface area contributed by atoms with Crippen molar-refractivity contribution in [1.29, 1.82) is 0 Å². The largest absolute Gasteiger partial charge is 0.460 e. The number of amides is 2. The molecule has 1 rings (SSSR count). The molecule has 1 aliphatic rings. The Hall–Kier alpha value is -1.83. The van der Waals surface area contributed by atoms with Crippen LogP contribution >= 0.6 is 0 Å². The molecule has 0 saturated heterocycles. The summed E-state index contributed by atoms with van der Waals surface area (Å²) in [5.41, 5.74) is -2.66. The van der Waals surface area contributed by atoms with E-state index in [2.05, 4.69) is 10.6 Å². The monoisotopic (exact) mass is 400 g/mol. The van der Waals surface area contributed by atoms with E-state index in [0.29, 0.717) is 12.8 Å². The minimum Gasteiger partial charge on any atom is -0.460 e. The van der Waals surface area contributed by atoms with Gasteiger partial charge in [-0.3, -0.25) is 9.59 Å². The highest BCUT2D eigenvalue weighted by molar-refractivity contribution is 5.86. The van der Waals surface area contributed by atoms with Gasteiger partial charge < -0.3 is 25.2 Å². The first-order chi connectivity index (χ1) is 12.5.